The highest BCUT2D eigenvalue weighted by molar-refractivity contribution is 9.10. The minimum Gasteiger partial charge on any atom is -0.384 e. The van der Waals surface area contributed by atoms with Crippen LogP contribution in [0, 0.1) is 0 Å². The van der Waals surface area contributed by atoms with Gasteiger partial charge in [-0.15, -0.1) is 11.3 Å². The predicted octanol–water partition coefficient (Wildman–Crippen LogP) is 3.76. The normalized spacial score (nSPS) is 10.6. The molecule has 2 nitrogen and oxygen atoms in total. The van der Waals surface area contributed by atoms with Crippen LogP contribution in [-0.2, 0) is 11.2 Å². The van der Waals surface area contributed by atoms with Crippen LogP contribution in [0.25, 0.3) is 11.3 Å². The van der Waals surface area contributed by atoms with Gasteiger partial charge in [-0.25, -0.2) is 4.98 Å². The first kappa shape index (κ1) is 11.8. The molecule has 0 aliphatic carbocycles. The summed E-state index contributed by atoms with van der Waals surface area (Å²) in [6.45, 7) is 0.728. The molecule has 0 fully saturated rings. The molecule has 0 atom stereocenters. The van der Waals surface area contributed by atoms with Crippen LogP contribution in [0.3, 0.4) is 0 Å². The zero-order valence-electron chi connectivity index (χ0n) is 8.94. The van der Waals surface area contributed by atoms with E-state index in [0.717, 1.165) is 33.8 Å². The van der Waals surface area contributed by atoms with E-state index in [9.17, 15) is 0 Å². The van der Waals surface area contributed by atoms with Gasteiger partial charge in [-0.1, -0.05) is 28.1 Å². The van der Waals surface area contributed by atoms with E-state index in [1.165, 1.54) is 0 Å². The Labute approximate surface area is 107 Å². The second kappa shape index (κ2) is 5.57. The van der Waals surface area contributed by atoms with Crippen LogP contribution < -0.4 is 0 Å². The number of nitrogens with zero attached hydrogens (tertiary/aromatic N) is 1. The molecule has 4 heteroatoms. The molecule has 1 aromatic heterocycles. The molecule has 0 bridgehead atoms. The molecule has 0 saturated carbocycles. The predicted molar refractivity (Wildman–Crippen MR) is 70.8 cm³/mol. The van der Waals surface area contributed by atoms with Crippen molar-refractivity contribution in [2.75, 3.05) is 13.7 Å². The molecule has 84 valence electrons. The summed E-state index contributed by atoms with van der Waals surface area (Å²) in [7, 11) is 1.71. The Balaban J connectivity index is 2.18. The Hall–Kier alpha value is -0.710. The Bertz CT molecular complexity index is 470. The lowest BCUT2D eigenvalue weighted by molar-refractivity contribution is 0.202. The van der Waals surface area contributed by atoms with Gasteiger partial charge in [0.05, 0.1) is 17.3 Å². The third-order valence-electron chi connectivity index (χ3n) is 2.19. The molecule has 0 spiro atoms. The Morgan fingerprint density at radius 1 is 1.44 bits per heavy atom. The van der Waals surface area contributed by atoms with Gasteiger partial charge in [0.1, 0.15) is 0 Å². The van der Waals surface area contributed by atoms with Crippen LogP contribution in [-0.4, -0.2) is 18.7 Å². The molecule has 2 rings (SSSR count). The van der Waals surface area contributed by atoms with Crippen molar-refractivity contribution in [2.45, 2.75) is 6.42 Å². The number of hydrogen-bond donors (Lipinski definition) is 0. The number of halogens is 1. The average Bonchev–Trinajstić information content (AvgIpc) is 2.75. The van der Waals surface area contributed by atoms with Crippen molar-refractivity contribution in [1.29, 1.82) is 0 Å². The fourth-order valence-corrected chi connectivity index (χ4v) is 2.58. The fraction of sp³-hybridized carbons (Fsp3) is 0.250. The van der Waals surface area contributed by atoms with E-state index in [1.54, 1.807) is 18.4 Å². The monoisotopic (exact) mass is 297 g/mol. The van der Waals surface area contributed by atoms with Gasteiger partial charge < -0.3 is 4.74 Å². The van der Waals surface area contributed by atoms with Gasteiger partial charge >= 0.3 is 0 Å². The van der Waals surface area contributed by atoms with Crippen molar-refractivity contribution in [1.82, 2.24) is 4.98 Å². The van der Waals surface area contributed by atoms with E-state index in [1.807, 2.05) is 12.1 Å². The van der Waals surface area contributed by atoms with Gasteiger partial charge in [-0.3, -0.25) is 0 Å². The molecule has 0 radical (unpaired) electrons. The van der Waals surface area contributed by atoms with Crippen molar-refractivity contribution < 1.29 is 4.74 Å². The molecule has 2 aromatic rings. The molecule has 0 aliphatic rings. The van der Waals surface area contributed by atoms with Crippen LogP contribution in [0.15, 0.2) is 34.1 Å². The van der Waals surface area contributed by atoms with Gasteiger partial charge in [0, 0.05) is 28.9 Å². The first-order chi connectivity index (χ1) is 7.79. The second-order valence-corrected chi connectivity index (χ2v) is 5.24. The Morgan fingerprint density at radius 3 is 3.06 bits per heavy atom. The number of rotatable bonds is 4. The molecule has 1 heterocycles. The molecule has 0 amide bonds. The van der Waals surface area contributed by atoms with Gasteiger partial charge in [-0.2, -0.15) is 0 Å². The zero-order chi connectivity index (χ0) is 11.4. The SMILES string of the molecule is COCCc1nc(-c2cccc(Br)c2)cs1. The quantitative estimate of drug-likeness (QED) is 0.857. The van der Waals surface area contributed by atoms with E-state index >= 15 is 0 Å². The highest BCUT2D eigenvalue weighted by Gasteiger charge is 2.04. The van der Waals surface area contributed by atoms with Crippen molar-refractivity contribution in [2.24, 2.45) is 0 Å². The summed E-state index contributed by atoms with van der Waals surface area (Å²) in [4.78, 5) is 4.58. The largest absolute Gasteiger partial charge is 0.384 e. The zero-order valence-corrected chi connectivity index (χ0v) is 11.3. The maximum atomic E-state index is 5.04. The molecular formula is C12H12BrNOS. The second-order valence-electron chi connectivity index (χ2n) is 3.38. The van der Waals surface area contributed by atoms with Crippen LogP contribution in [0.1, 0.15) is 5.01 Å². The molecule has 0 aliphatic heterocycles. The lowest BCUT2D eigenvalue weighted by Crippen LogP contribution is -1.93. The van der Waals surface area contributed by atoms with Gasteiger partial charge in [-0.05, 0) is 12.1 Å². The molecule has 1 aromatic carbocycles. The van der Waals surface area contributed by atoms with Crippen molar-refractivity contribution in [3.05, 3.63) is 39.1 Å². The summed E-state index contributed by atoms with van der Waals surface area (Å²) in [5.74, 6) is 0. The minimum atomic E-state index is 0.728. The topological polar surface area (TPSA) is 22.1 Å². The molecule has 0 saturated heterocycles. The van der Waals surface area contributed by atoms with Crippen LogP contribution in [0.4, 0.5) is 0 Å². The summed E-state index contributed by atoms with van der Waals surface area (Å²) < 4.78 is 6.12. The average molecular weight is 298 g/mol. The molecule has 0 unspecified atom stereocenters. The van der Waals surface area contributed by atoms with E-state index in [2.05, 4.69) is 38.4 Å². The first-order valence-corrected chi connectivity index (χ1v) is 6.66. The van der Waals surface area contributed by atoms with Crippen LogP contribution in [0.5, 0.6) is 0 Å². The Kier molecular flexibility index (Phi) is 4.09. The standard InChI is InChI=1S/C12H12BrNOS/c1-15-6-5-12-14-11(8-16-12)9-3-2-4-10(13)7-9/h2-4,7-8H,5-6H2,1H3. The number of hydrogen-bond acceptors (Lipinski definition) is 3. The highest BCUT2D eigenvalue weighted by Crippen LogP contribution is 2.24. The summed E-state index contributed by atoms with van der Waals surface area (Å²) >= 11 is 5.15. The van der Waals surface area contributed by atoms with E-state index in [-0.39, 0.29) is 0 Å². The summed E-state index contributed by atoms with van der Waals surface area (Å²) in [6.07, 6.45) is 0.884. The van der Waals surface area contributed by atoms with Crippen molar-refractivity contribution in [3.63, 3.8) is 0 Å². The minimum absolute atomic E-state index is 0.728. The smallest absolute Gasteiger partial charge is 0.0955 e. The van der Waals surface area contributed by atoms with Gasteiger partial charge in [0.25, 0.3) is 0 Å². The maximum absolute atomic E-state index is 5.04. The lowest BCUT2D eigenvalue weighted by atomic mass is 10.2. The Morgan fingerprint density at radius 2 is 2.31 bits per heavy atom. The van der Waals surface area contributed by atoms with Crippen LogP contribution in [0.2, 0.25) is 0 Å². The number of methoxy groups -OCH3 is 1. The highest BCUT2D eigenvalue weighted by atomic mass is 79.9. The van der Waals surface area contributed by atoms with E-state index in [0.29, 0.717) is 0 Å². The first-order valence-electron chi connectivity index (χ1n) is 4.99. The molecular weight excluding hydrogens is 286 g/mol. The summed E-state index contributed by atoms with van der Waals surface area (Å²) in [5, 5.41) is 3.21. The maximum Gasteiger partial charge on any atom is 0.0955 e. The van der Waals surface area contributed by atoms with Crippen LogP contribution >= 0.6 is 27.3 Å². The number of thiazole rings is 1. The molecule has 16 heavy (non-hydrogen) atoms. The third-order valence-corrected chi connectivity index (χ3v) is 3.59. The lowest BCUT2D eigenvalue weighted by Gasteiger charge is -1.97. The summed E-state index contributed by atoms with van der Waals surface area (Å²) in [6, 6.07) is 8.18. The third kappa shape index (κ3) is 2.90. The number of benzene rings is 1. The number of aromatic nitrogens is 1. The number of ether oxygens (including phenoxy) is 1. The van der Waals surface area contributed by atoms with E-state index < -0.39 is 0 Å². The molecule has 0 N–H and O–H groups in total. The van der Waals surface area contributed by atoms with Crippen molar-refractivity contribution >= 4 is 27.3 Å². The van der Waals surface area contributed by atoms with Gasteiger partial charge in [0.2, 0.25) is 0 Å². The van der Waals surface area contributed by atoms with Gasteiger partial charge in [0.15, 0.2) is 0 Å². The van der Waals surface area contributed by atoms with Crippen molar-refractivity contribution in [3.8, 4) is 11.3 Å². The van der Waals surface area contributed by atoms with E-state index in [4.69, 9.17) is 4.74 Å². The summed E-state index contributed by atoms with van der Waals surface area (Å²) in [5.41, 5.74) is 2.19. The fourth-order valence-electron chi connectivity index (χ4n) is 1.40.